The van der Waals surface area contributed by atoms with E-state index in [9.17, 15) is 9.18 Å². The van der Waals surface area contributed by atoms with E-state index >= 15 is 0 Å². The Morgan fingerprint density at radius 3 is 3.14 bits per heavy atom. The van der Waals surface area contributed by atoms with Gasteiger partial charge in [-0.15, -0.1) is 0 Å². The largest absolute Gasteiger partial charge is 0.481 e. The Balaban J connectivity index is 1.83. The van der Waals surface area contributed by atoms with Crippen LogP contribution in [0.25, 0.3) is 0 Å². The molecule has 21 heavy (non-hydrogen) atoms. The molecule has 5 nitrogen and oxygen atoms in total. The minimum atomic E-state index is -0.377. The van der Waals surface area contributed by atoms with Gasteiger partial charge >= 0.3 is 0 Å². The van der Waals surface area contributed by atoms with Crippen molar-refractivity contribution < 1.29 is 9.13 Å². The highest BCUT2D eigenvalue weighted by atomic mass is 32.2. The number of methoxy groups -OCH3 is 1. The van der Waals surface area contributed by atoms with Crippen molar-refractivity contribution in [1.82, 2.24) is 15.0 Å². The Hall–Kier alpha value is -1.89. The van der Waals surface area contributed by atoms with Gasteiger partial charge in [0.25, 0.3) is 5.56 Å². The molecule has 1 N–H and O–H groups in total. The number of hydrogen-bond donors (Lipinski definition) is 1. The van der Waals surface area contributed by atoms with Gasteiger partial charge in [0.2, 0.25) is 5.88 Å². The molecule has 0 aromatic carbocycles. The van der Waals surface area contributed by atoms with Crippen molar-refractivity contribution in [3.63, 3.8) is 0 Å². The van der Waals surface area contributed by atoms with Crippen molar-refractivity contribution in [3.8, 4) is 5.88 Å². The smallest absolute Gasteiger partial charge is 0.254 e. The summed E-state index contributed by atoms with van der Waals surface area (Å²) < 4.78 is 18.9. The van der Waals surface area contributed by atoms with E-state index in [1.807, 2.05) is 0 Å². The third kappa shape index (κ3) is 2.78. The Kier molecular flexibility index (Phi) is 3.92. The van der Waals surface area contributed by atoms with Gasteiger partial charge in [-0.05, 0) is 25.3 Å². The maximum atomic E-state index is 13.8. The highest BCUT2D eigenvalue weighted by Gasteiger charge is 2.18. The van der Waals surface area contributed by atoms with Gasteiger partial charge in [-0.25, -0.2) is 14.4 Å². The van der Waals surface area contributed by atoms with E-state index in [0.717, 1.165) is 30.5 Å². The van der Waals surface area contributed by atoms with Crippen LogP contribution in [-0.2, 0) is 18.6 Å². The lowest BCUT2D eigenvalue weighted by Crippen LogP contribution is -2.15. The molecule has 0 amide bonds. The third-order valence-electron chi connectivity index (χ3n) is 3.43. The summed E-state index contributed by atoms with van der Waals surface area (Å²) >= 11 is 1.27. The Labute approximate surface area is 125 Å². The Morgan fingerprint density at radius 1 is 1.48 bits per heavy atom. The fourth-order valence-corrected chi connectivity index (χ4v) is 3.27. The van der Waals surface area contributed by atoms with Crippen molar-refractivity contribution in [2.75, 3.05) is 7.11 Å². The third-order valence-corrected chi connectivity index (χ3v) is 4.33. The molecular weight excluding hydrogens is 293 g/mol. The van der Waals surface area contributed by atoms with Gasteiger partial charge in [-0.3, -0.25) is 4.79 Å². The van der Waals surface area contributed by atoms with Gasteiger partial charge < -0.3 is 9.72 Å². The fraction of sp³-hybridized carbons (Fsp3) is 0.357. The van der Waals surface area contributed by atoms with Crippen LogP contribution in [0.15, 0.2) is 22.2 Å². The first-order chi connectivity index (χ1) is 10.2. The quantitative estimate of drug-likeness (QED) is 0.692. The van der Waals surface area contributed by atoms with E-state index in [4.69, 9.17) is 4.74 Å². The Bertz CT molecular complexity index is 733. The average molecular weight is 307 g/mol. The van der Waals surface area contributed by atoms with Crippen LogP contribution in [0.4, 0.5) is 4.39 Å². The molecule has 2 heterocycles. The zero-order valence-electron chi connectivity index (χ0n) is 11.5. The number of nitrogens with one attached hydrogen (secondary N) is 1. The van der Waals surface area contributed by atoms with E-state index in [-0.39, 0.29) is 17.3 Å². The minimum absolute atomic E-state index is 0.0846. The summed E-state index contributed by atoms with van der Waals surface area (Å²) in [4.78, 5) is 23.1. The van der Waals surface area contributed by atoms with Gasteiger partial charge in [0, 0.05) is 17.5 Å². The van der Waals surface area contributed by atoms with Crippen molar-refractivity contribution in [2.45, 2.75) is 30.2 Å². The fourth-order valence-electron chi connectivity index (χ4n) is 2.39. The molecule has 0 atom stereocenters. The molecule has 0 fully saturated rings. The molecule has 0 spiro atoms. The molecule has 0 saturated carbocycles. The maximum Gasteiger partial charge on any atom is 0.254 e. The molecule has 7 heteroatoms. The van der Waals surface area contributed by atoms with Gasteiger partial charge in [0.1, 0.15) is 5.82 Å². The van der Waals surface area contributed by atoms with E-state index in [0.29, 0.717) is 16.5 Å². The Morgan fingerprint density at radius 2 is 2.33 bits per heavy atom. The lowest BCUT2D eigenvalue weighted by molar-refractivity contribution is 0.389. The number of aryl methyl sites for hydroxylation is 1. The van der Waals surface area contributed by atoms with Gasteiger partial charge in [-0.2, -0.15) is 0 Å². The number of pyridine rings is 1. The van der Waals surface area contributed by atoms with E-state index in [2.05, 4.69) is 15.0 Å². The predicted molar refractivity (Wildman–Crippen MR) is 77.2 cm³/mol. The number of rotatable bonds is 4. The van der Waals surface area contributed by atoms with Crippen LogP contribution >= 0.6 is 11.8 Å². The summed E-state index contributed by atoms with van der Waals surface area (Å²) in [7, 11) is 1.45. The molecule has 2 aromatic rings. The van der Waals surface area contributed by atoms with Crippen LogP contribution in [0.3, 0.4) is 0 Å². The zero-order chi connectivity index (χ0) is 14.8. The molecule has 3 rings (SSSR count). The van der Waals surface area contributed by atoms with Crippen LogP contribution in [-0.4, -0.2) is 22.1 Å². The van der Waals surface area contributed by atoms with Crippen molar-refractivity contribution >= 4 is 11.8 Å². The van der Waals surface area contributed by atoms with E-state index in [1.165, 1.54) is 31.1 Å². The van der Waals surface area contributed by atoms with Gasteiger partial charge in [0.05, 0.1) is 18.4 Å². The molecule has 0 unspecified atom stereocenters. The van der Waals surface area contributed by atoms with E-state index in [1.54, 1.807) is 0 Å². The second-order valence-electron chi connectivity index (χ2n) is 4.72. The zero-order valence-corrected chi connectivity index (χ0v) is 12.3. The normalized spacial score (nSPS) is 13.2. The van der Waals surface area contributed by atoms with Crippen LogP contribution < -0.4 is 10.3 Å². The van der Waals surface area contributed by atoms with Gasteiger partial charge in [0.15, 0.2) is 5.16 Å². The average Bonchev–Trinajstić information content (AvgIpc) is 2.94. The second-order valence-corrected chi connectivity index (χ2v) is 5.68. The van der Waals surface area contributed by atoms with Gasteiger partial charge in [-0.1, -0.05) is 11.8 Å². The lowest BCUT2D eigenvalue weighted by Gasteiger charge is -2.08. The molecule has 1 aliphatic rings. The summed E-state index contributed by atoms with van der Waals surface area (Å²) in [5, 5.41) is 0.506. The first-order valence-corrected chi connectivity index (χ1v) is 7.60. The van der Waals surface area contributed by atoms with Crippen molar-refractivity contribution in [3.05, 3.63) is 45.3 Å². The van der Waals surface area contributed by atoms with Crippen LogP contribution in [0.2, 0.25) is 0 Å². The standard InChI is InChI=1S/C14H14FN3O2S/c1-20-13-9(10(15)5-6-16-13)7-21-14-17-11-4-2-3-8(11)12(19)18-14/h5-6H,2-4,7H2,1H3,(H,17,18,19). The first-order valence-electron chi connectivity index (χ1n) is 6.61. The van der Waals surface area contributed by atoms with Crippen molar-refractivity contribution in [1.29, 1.82) is 0 Å². The molecule has 0 aliphatic heterocycles. The molecule has 1 aliphatic carbocycles. The molecule has 0 saturated heterocycles. The molecule has 0 bridgehead atoms. The predicted octanol–water partition coefficient (Wildman–Crippen LogP) is 2.09. The summed E-state index contributed by atoms with van der Waals surface area (Å²) in [6, 6.07) is 1.29. The molecule has 0 radical (unpaired) electrons. The first kappa shape index (κ1) is 14.1. The number of aromatic nitrogens is 3. The summed E-state index contributed by atoms with van der Waals surface area (Å²) in [5.74, 6) is 0.175. The summed E-state index contributed by atoms with van der Waals surface area (Å²) in [6.45, 7) is 0. The monoisotopic (exact) mass is 307 g/mol. The number of ether oxygens (including phenoxy) is 1. The van der Waals surface area contributed by atoms with Crippen molar-refractivity contribution in [2.24, 2.45) is 0 Å². The minimum Gasteiger partial charge on any atom is -0.481 e. The number of fused-ring (bicyclic) bond motifs is 1. The van der Waals surface area contributed by atoms with Crippen LogP contribution in [0.5, 0.6) is 5.88 Å². The summed E-state index contributed by atoms with van der Waals surface area (Å²) in [6.07, 6.45) is 3.94. The number of H-pyrrole nitrogens is 1. The number of thioether (sulfide) groups is 1. The highest BCUT2D eigenvalue weighted by molar-refractivity contribution is 7.98. The maximum absolute atomic E-state index is 13.8. The van der Waals surface area contributed by atoms with Crippen LogP contribution in [0.1, 0.15) is 23.2 Å². The number of hydrogen-bond acceptors (Lipinski definition) is 5. The number of nitrogens with zero attached hydrogens (tertiary/aromatic N) is 2. The second kappa shape index (κ2) is 5.85. The van der Waals surface area contributed by atoms with Crippen LogP contribution in [0, 0.1) is 5.82 Å². The molecular formula is C14H14FN3O2S. The SMILES string of the molecule is COc1nccc(F)c1CSc1nc2c(c(=O)[nH]1)CCC2. The lowest BCUT2D eigenvalue weighted by atomic mass is 10.3. The number of halogens is 1. The highest BCUT2D eigenvalue weighted by Crippen LogP contribution is 2.27. The molecule has 2 aromatic heterocycles. The topological polar surface area (TPSA) is 67.9 Å². The molecule has 110 valence electrons. The van der Waals surface area contributed by atoms with E-state index < -0.39 is 0 Å². The number of aromatic amines is 1. The summed E-state index contributed by atoms with van der Waals surface area (Å²) in [5.41, 5.74) is 1.93.